The predicted molar refractivity (Wildman–Crippen MR) is 135 cm³/mol. The number of nitrogens with two attached hydrogens (primary N) is 2. The molecular formula is C22H29N5O6S2. The van der Waals surface area contributed by atoms with E-state index in [1.807, 2.05) is 6.07 Å². The summed E-state index contributed by atoms with van der Waals surface area (Å²) in [6.45, 7) is 0.407. The number of ether oxygens (including phenoxy) is 1. The van der Waals surface area contributed by atoms with Gasteiger partial charge in [0.1, 0.15) is 17.8 Å². The fraction of sp³-hybridized carbons (Fsp3) is 0.409. The van der Waals surface area contributed by atoms with Crippen molar-refractivity contribution < 1.29 is 27.9 Å². The highest BCUT2D eigenvalue weighted by molar-refractivity contribution is 7.99. The van der Waals surface area contributed by atoms with Gasteiger partial charge >= 0.3 is 5.97 Å². The summed E-state index contributed by atoms with van der Waals surface area (Å²) in [6.07, 6.45) is 0.401. The molecule has 1 saturated heterocycles. The van der Waals surface area contributed by atoms with Crippen molar-refractivity contribution in [3.63, 3.8) is 0 Å². The number of carboxylic acids is 1. The quantitative estimate of drug-likeness (QED) is 0.197. The van der Waals surface area contributed by atoms with E-state index in [0.717, 1.165) is 5.39 Å². The summed E-state index contributed by atoms with van der Waals surface area (Å²) in [5, 5.41) is 11.0. The largest absolute Gasteiger partial charge is 0.497 e. The number of carboxylic acid groups (broad SMARTS) is 1. The highest BCUT2D eigenvalue weighted by atomic mass is 32.2. The van der Waals surface area contributed by atoms with Crippen molar-refractivity contribution in [2.45, 2.75) is 29.8 Å². The second-order valence-corrected chi connectivity index (χ2v) is 10.8. The van der Waals surface area contributed by atoms with Crippen LogP contribution in [0, 0.1) is 0 Å². The number of benzene rings is 2. The summed E-state index contributed by atoms with van der Waals surface area (Å²) in [5.74, 6) is -0.449. The molecule has 2 atom stereocenters. The fourth-order valence-electron chi connectivity index (χ4n) is 3.76. The first kappa shape index (κ1) is 26.6. The van der Waals surface area contributed by atoms with E-state index in [4.69, 9.17) is 16.2 Å². The zero-order valence-corrected chi connectivity index (χ0v) is 20.8. The zero-order chi connectivity index (χ0) is 25.6. The Labute approximate surface area is 207 Å². The minimum absolute atomic E-state index is 0.0238. The first-order valence-electron chi connectivity index (χ1n) is 10.9. The van der Waals surface area contributed by atoms with Gasteiger partial charge < -0.3 is 26.2 Å². The molecule has 1 unspecified atom stereocenters. The Morgan fingerprint density at radius 3 is 2.69 bits per heavy atom. The number of hydrogen-bond acceptors (Lipinski definition) is 7. The first-order chi connectivity index (χ1) is 16.6. The number of nitrogens with one attached hydrogen (secondary N) is 1. The van der Waals surface area contributed by atoms with Gasteiger partial charge in [0.05, 0.1) is 12.0 Å². The monoisotopic (exact) mass is 523 g/mol. The molecule has 3 rings (SSSR count). The van der Waals surface area contributed by atoms with Crippen LogP contribution in [0.15, 0.2) is 46.3 Å². The molecule has 0 radical (unpaired) electrons. The van der Waals surface area contributed by atoms with E-state index >= 15 is 0 Å². The van der Waals surface area contributed by atoms with Crippen molar-refractivity contribution >= 4 is 50.4 Å². The number of amides is 1. The van der Waals surface area contributed by atoms with Gasteiger partial charge in [-0.25, -0.2) is 13.2 Å². The van der Waals surface area contributed by atoms with Crippen LogP contribution in [-0.2, 0) is 19.6 Å². The first-order valence-corrected chi connectivity index (χ1v) is 13.5. The van der Waals surface area contributed by atoms with Gasteiger partial charge in [0, 0.05) is 24.6 Å². The average molecular weight is 524 g/mol. The van der Waals surface area contributed by atoms with E-state index in [1.165, 1.54) is 35.9 Å². The number of guanidine groups is 1. The summed E-state index contributed by atoms with van der Waals surface area (Å²) in [4.78, 5) is 30.2. The van der Waals surface area contributed by atoms with E-state index in [-0.39, 0.29) is 36.1 Å². The smallest absolute Gasteiger partial charge is 0.327 e. The summed E-state index contributed by atoms with van der Waals surface area (Å²) < 4.78 is 34.3. The SMILES string of the molecule is COc1ccc2ccc(S(=O)(=O)N[C@@H](CCCN=C(N)N)C(=O)N3CCSCC3C(=O)O)cc2c1. The van der Waals surface area contributed by atoms with Crippen LogP contribution in [0.4, 0.5) is 0 Å². The van der Waals surface area contributed by atoms with Crippen molar-refractivity contribution in [1.82, 2.24) is 9.62 Å². The third-order valence-electron chi connectivity index (χ3n) is 5.57. The lowest BCUT2D eigenvalue weighted by molar-refractivity contribution is -0.150. The Morgan fingerprint density at radius 2 is 2.00 bits per heavy atom. The predicted octanol–water partition coefficient (Wildman–Crippen LogP) is 0.578. The Morgan fingerprint density at radius 1 is 1.26 bits per heavy atom. The summed E-state index contributed by atoms with van der Waals surface area (Å²) >= 11 is 1.43. The molecule has 1 aliphatic heterocycles. The molecule has 0 spiro atoms. The number of rotatable bonds is 10. The molecule has 1 aliphatic rings. The van der Waals surface area contributed by atoms with Crippen LogP contribution in [0.25, 0.3) is 10.8 Å². The van der Waals surface area contributed by atoms with Crippen molar-refractivity contribution in [2.24, 2.45) is 16.5 Å². The fourth-order valence-corrected chi connectivity index (χ4v) is 6.06. The van der Waals surface area contributed by atoms with Crippen LogP contribution < -0.4 is 20.9 Å². The highest BCUT2D eigenvalue weighted by Crippen LogP contribution is 2.25. The maximum absolute atomic E-state index is 13.4. The van der Waals surface area contributed by atoms with Crippen molar-refractivity contribution in [3.05, 3.63) is 36.4 Å². The molecule has 13 heteroatoms. The van der Waals surface area contributed by atoms with E-state index in [9.17, 15) is 23.1 Å². The molecule has 35 heavy (non-hydrogen) atoms. The van der Waals surface area contributed by atoms with Crippen molar-refractivity contribution in [2.75, 3.05) is 31.7 Å². The molecular weight excluding hydrogens is 494 g/mol. The van der Waals surface area contributed by atoms with Gasteiger partial charge in [-0.05, 0) is 47.9 Å². The number of fused-ring (bicyclic) bond motifs is 1. The topological polar surface area (TPSA) is 177 Å². The number of aliphatic imine (C=N–C) groups is 1. The Balaban J connectivity index is 1.88. The zero-order valence-electron chi connectivity index (χ0n) is 19.2. The molecule has 11 nitrogen and oxygen atoms in total. The van der Waals surface area contributed by atoms with Gasteiger partial charge in [0.2, 0.25) is 15.9 Å². The Kier molecular flexibility index (Phi) is 8.81. The van der Waals surface area contributed by atoms with E-state index in [2.05, 4.69) is 9.71 Å². The number of aliphatic carboxylic acids is 1. The molecule has 0 saturated carbocycles. The lowest BCUT2D eigenvalue weighted by atomic mass is 10.1. The Bertz CT molecular complexity index is 1220. The summed E-state index contributed by atoms with van der Waals surface area (Å²) in [7, 11) is -2.60. The maximum Gasteiger partial charge on any atom is 0.327 e. The van der Waals surface area contributed by atoms with Crippen LogP contribution >= 0.6 is 11.8 Å². The number of carbonyl (C=O) groups excluding carboxylic acids is 1. The molecule has 1 amide bonds. The molecule has 1 fully saturated rings. The number of hydrogen-bond donors (Lipinski definition) is 4. The minimum atomic E-state index is -4.12. The van der Waals surface area contributed by atoms with Crippen LogP contribution in [0.3, 0.4) is 0 Å². The average Bonchev–Trinajstić information content (AvgIpc) is 2.84. The second kappa shape index (κ2) is 11.6. The second-order valence-electron chi connectivity index (χ2n) is 7.96. The number of thioether (sulfide) groups is 1. The van der Waals surface area contributed by atoms with Crippen LogP contribution in [-0.4, -0.2) is 80.0 Å². The van der Waals surface area contributed by atoms with Gasteiger partial charge in [0.25, 0.3) is 0 Å². The molecule has 2 aromatic carbocycles. The van der Waals surface area contributed by atoms with Gasteiger partial charge in [-0.3, -0.25) is 9.79 Å². The minimum Gasteiger partial charge on any atom is -0.497 e. The lowest BCUT2D eigenvalue weighted by Gasteiger charge is -2.35. The standard InChI is InChI=1S/C22H29N5O6S2/c1-33-16-6-4-14-5-7-17(12-15(14)11-16)35(31,32)26-18(3-2-8-25-22(23)24)20(28)27-9-10-34-13-19(27)21(29)30/h4-7,11-12,18-19,26H,2-3,8-10,13H2,1H3,(H,29,30)(H4,23,24,25)/t18-,19?/m0/s1. The molecule has 1 heterocycles. The summed E-state index contributed by atoms with van der Waals surface area (Å²) in [6, 6.07) is 7.72. The molecule has 6 N–H and O–H groups in total. The number of methoxy groups -OCH3 is 1. The molecule has 190 valence electrons. The van der Waals surface area contributed by atoms with Crippen molar-refractivity contribution in [1.29, 1.82) is 0 Å². The summed E-state index contributed by atoms with van der Waals surface area (Å²) in [5.41, 5.74) is 10.7. The third kappa shape index (κ3) is 6.77. The molecule has 2 aromatic rings. The third-order valence-corrected chi connectivity index (χ3v) is 8.06. The van der Waals surface area contributed by atoms with Gasteiger partial charge in [-0.2, -0.15) is 16.5 Å². The molecule has 0 aromatic heterocycles. The highest BCUT2D eigenvalue weighted by Gasteiger charge is 2.37. The van der Waals surface area contributed by atoms with E-state index in [1.54, 1.807) is 18.2 Å². The normalized spacial score (nSPS) is 17.1. The van der Waals surface area contributed by atoms with Crippen LogP contribution in [0.2, 0.25) is 0 Å². The number of sulfonamides is 1. The van der Waals surface area contributed by atoms with E-state index in [0.29, 0.717) is 23.3 Å². The van der Waals surface area contributed by atoms with E-state index < -0.39 is 34.0 Å². The number of carbonyl (C=O) groups is 2. The Hall–Kier alpha value is -3.03. The van der Waals surface area contributed by atoms with Crippen LogP contribution in [0.5, 0.6) is 5.75 Å². The lowest BCUT2D eigenvalue weighted by Crippen LogP contribution is -2.56. The molecule has 0 aliphatic carbocycles. The number of nitrogens with zero attached hydrogens (tertiary/aromatic N) is 2. The van der Waals surface area contributed by atoms with Gasteiger partial charge in [-0.1, -0.05) is 12.1 Å². The molecule has 0 bridgehead atoms. The van der Waals surface area contributed by atoms with Crippen LogP contribution in [0.1, 0.15) is 12.8 Å². The van der Waals surface area contributed by atoms with Gasteiger partial charge in [0.15, 0.2) is 5.96 Å². The van der Waals surface area contributed by atoms with Gasteiger partial charge in [-0.15, -0.1) is 0 Å². The van der Waals surface area contributed by atoms with Crippen molar-refractivity contribution in [3.8, 4) is 5.75 Å². The maximum atomic E-state index is 13.4.